The van der Waals surface area contributed by atoms with Crippen molar-refractivity contribution in [1.29, 1.82) is 0 Å². The first-order chi connectivity index (χ1) is 7.16. The lowest BCUT2D eigenvalue weighted by Crippen LogP contribution is -2.01. The molecule has 1 aromatic carbocycles. The van der Waals surface area contributed by atoms with E-state index >= 15 is 0 Å². The van der Waals surface area contributed by atoms with Gasteiger partial charge in [0.25, 0.3) is 0 Å². The molecule has 2 N–H and O–H groups in total. The number of nitrogens with two attached hydrogens (primary N) is 1. The Balaban J connectivity index is 2.33. The normalized spacial score (nSPS) is 12.7. The van der Waals surface area contributed by atoms with E-state index in [0.29, 0.717) is 0 Å². The van der Waals surface area contributed by atoms with Crippen LogP contribution >= 0.6 is 33.9 Å². The Hall–Kier alpha value is -0.390. The Morgan fingerprint density at radius 2 is 1.80 bits per heavy atom. The third-order valence-electron chi connectivity index (χ3n) is 2.20. The standard InChI is InChI=1S/C12H12INS/c1-8(14)11-6-7-12(15-11)9-2-4-10(13)5-3-9/h2-8H,14H2,1H3. The monoisotopic (exact) mass is 329 g/mol. The van der Waals surface area contributed by atoms with Crippen molar-refractivity contribution in [2.75, 3.05) is 0 Å². The molecule has 0 bridgehead atoms. The molecule has 0 radical (unpaired) electrons. The molecular weight excluding hydrogens is 317 g/mol. The van der Waals surface area contributed by atoms with Gasteiger partial charge in [-0.3, -0.25) is 0 Å². The molecule has 2 rings (SSSR count). The number of thiophene rings is 1. The van der Waals surface area contributed by atoms with E-state index in [0.717, 1.165) is 0 Å². The van der Waals surface area contributed by atoms with Crippen molar-refractivity contribution >= 4 is 33.9 Å². The molecule has 0 aliphatic carbocycles. The van der Waals surface area contributed by atoms with Gasteiger partial charge in [-0.25, -0.2) is 0 Å². The summed E-state index contributed by atoms with van der Waals surface area (Å²) in [6.07, 6.45) is 0. The lowest BCUT2D eigenvalue weighted by Gasteiger charge is -1.99. The molecule has 0 aliphatic heterocycles. The largest absolute Gasteiger partial charge is 0.324 e. The average molecular weight is 329 g/mol. The average Bonchev–Trinajstić information content (AvgIpc) is 2.68. The van der Waals surface area contributed by atoms with E-state index in [1.54, 1.807) is 11.3 Å². The van der Waals surface area contributed by atoms with Crippen LogP contribution in [0.15, 0.2) is 36.4 Å². The van der Waals surface area contributed by atoms with Crippen LogP contribution < -0.4 is 5.73 Å². The van der Waals surface area contributed by atoms with E-state index in [2.05, 4.69) is 59.0 Å². The molecule has 3 heteroatoms. The molecule has 0 saturated carbocycles. The predicted molar refractivity (Wildman–Crippen MR) is 75.1 cm³/mol. The minimum Gasteiger partial charge on any atom is -0.324 e. The Morgan fingerprint density at radius 1 is 1.13 bits per heavy atom. The second-order valence-corrected chi connectivity index (χ2v) is 5.86. The first-order valence-corrected chi connectivity index (χ1v) is 6.67. The highest BCUT2D eigenvalue weighted by molar-refractivity contribution is 14.1. The third-order valence-corrected chi connectivity index (χ3v) is 4.26. The molecule has 2 aromatic rings. The summed E-state index contributed by atoms with van der Waals surface area (Å²) >= 11 is 4.09. The first kappa shape index (κ1) is 11.1. The van der Waals surface area contributed by atoms with Gasteiger partial charge < -0.3 is 5.73 Å². The zero-order chi connectivity index (χ0) is 10.8. The Bertz CT molecular complexity index is 445. The van der Waals surface area contributed by atoms with Crippen LogP contribution in [0.3, 0.4) is 0 Å². The lowest BCUT2D eigenvalue weighted by molar-refractivity contribution is 0.838. The number of rotatable bonds is 2. The summed E-state index contributed by atoms with van der Waals surface area (Å²) in [7, 11) is 0. The molecule has 0 saturated heterocycles. The minimum atomic E-state index is 0.132. The lowest BCUT2D eigenvalue weighted by atomic mass is 10.2. The molecule has 0 amide bonds. The summed E-state index contributed by atoms with van der Waals surface area (Å²) in [6, 6.07) is 12.9. The third kappa shape index (κ3) is 2.59. The van der Waals surface area contributed by atoms with Crippen molar-refractivity contribution in [3.8, 4) is 10.4 Å². The van der Waals surface area contributed by atoms with Crippen LogP contribution in [0.4, 0.5) is 0 Å². The molecule has 1 aromatic heterocycles. The topological polar surface area (TPSA) is 26.0 Å². The van der Waals surface area contributed by atoms with Gasteiger partial charge in [-0.2, -0.15) is 0 Å². The molecule has 0 aliphatic rings. The van der Waals surface area contributed by atoms with Gasteiger partial charge in [-0.15, -0.1) is 11.3 Å². The van der Waals surface area contributed by atoms with E-state index in [1.165, 1.54) is 18.9 Å². The van der Waals surface area contributed by atoms with Crippen LogP contribution in [0.5, 0.6) is 0 Å². The van der Waals surface area contributed by atoms with Crippen LogP contribution in [-0.4, -0.2) is 0 Å². The fraction of sp³-hybridized carbons (Fsp3) is 0.167. The van der Waals surface area contributed by atoms with Crippen LogP contribution in [0.2, 0.25) is 0 Å². The van der Waals surface area contributed by atoms with E-state index in [4.69, 9.17) is 5.73 Å². The highest BCUT2D eigenvalue weighted by Gasteiger charge is 2.05. The first-order valence-electron chi connectivity index (χ1n) is 4.78. The van der Waals surface area contributed by atoms with Gasteiger partial charge in [0.2, 0.25) is 0 Å². The Kier molecular flexibility index (Phi) is 3.43. The van der Waals surface area contributed by atoms with Crippen molar-refractivity contribution in [2.24, 2.45) is 5.73 Å². The smallest absolute Gasteiger partial charge is 0.0361 e. The molecule has 0 spiro atoms. The van der Waals surface area contributed by atoms with Crippen molar-refractivity contribution in [2.45, 2.75) is 13.0 Å². The number of benzene rings is 1. The van der Waals surface area contributed by atoms with Crippen LogP contribution in [0.1, 0.15) is 17.8 Å². The number of halogens is 1. The van der Waals surface area contributed by atoms with E-state index in [1.807, 2.05) is 6.92 Å². The maximum absolute atomic E-state index is 5.84. The maximum atomic E-state index is 5.84. The summed E-state index contributed by atoms with van der Waals surface area (Å²) in [5, 5.41) is 0. The van der Waals surface area contributed by atoms with Crippen LogP contribution in [-0.2, 0) is 0 Å². The molecule has 1 nitrogen and oxygen atoms in total. The van der Waals surface area contributed by atoms with Crippen molar-refractivity contribution in [3.05, 3.63) is 44.8 Å². The highest BCUT2D eigenvalue weighted by Crippen LogP contribution is 2.30. The minimum absolute atomic E-state index is 0.132. The van der Waals surface area contributed by atoms with Gasteiger partial charge in [0.1, 0.15) is 0 Å². The zero-order valence-electron chi connectivity index (χ0n) is 8.41. The SMILES string of the molecule is CC(N)c1ccc(-c2ccc(I)cc2)s1. The van der Waals surface area contributed by atoms with Crippen LogP contribution in [0, 0.1) is 3.57 Å². The van der Waals surface area contributed by atoms with Gasteiger partial charge in [0, 0.05) is 19.4 Å². The fourth-order valence-electron chi connectivity index (χ4n) is 1.37. The van der Waals surface area contributed by atoms with Crippen molar-refractivity contribution in [1.82, 2.24) is 0 Å². The predicted octanol–water partition coefficient (Wildman–Crippen LogP) is 4.04. The highest BCUT2D eigenvalue weighted by atomic mass is 127. The summed E-state index contributed by atoms with van der Waals surface area (Å²) in [5.41, 5.74) is 7.11. The quantitative estimate of drug-likeness (QED) is 0.827. The molecule has 78 valence electrons. The van der Waals surface area contributed by atoms with Crippen molar-refractivity contribution in [3.63, 3.8) is 0 Å². The summed E-state index contributed by atoms with van der Waals surface area (Å²) in [5.74, 6) is 0. The van der Waals surface area contributed by atoms with E-state index in [-0.39, 0.29) is 6.04 Å². The Labute approximate surface area is 107 Å². The molecule has 1 unspecified atom stereocenters. The Morgan fingerprint density at radius 3 is 2.33 bits per heavy atom. The van der Waals surface area contributed by atoms with Gasteiger partial charge in [-0.1, -0.05) is 12.1 Å². The number of hydrogen-bond acceptors (Lipinski definition) is 2. The molecule has 15 heavy (non-hydrogen) atoms. The second kappa shape index (κ2) is 4.63. The molecule has 0 fully saturated rings. The second-order valence-electron chi connectivity index (χ2n) is 3.50. The van der Waals surface area contributed by atoms with Gasteiger partial charge in [0.15, 0.2) is 0 Å². The summed E-state index contributed by atoms with van der Waals surface area (Å²) in [4.78, 5) is 2.53. The van der Waals surface area contributed by atoms with Crippen molar-refractivity contribution < 1.29 is 0 Å². The number of hydrogen-bond donors (Lipinski definition) is 1. The van der Waals surface area contributed by atoms with Crippen LogP contribution in [0.25, 0.3) is 10.4 Å². The maximum Gasteiger partial charge on any atom is 0.0361 e. The van der Waals surface area contributed by atoms with E-state index in [9.17, 15) is 0 Å². The summed E-state index contributed by atoms with van der Waals surface area (Å²) < 4.78 is 1.26. The summed E-state index contributed by atoms with van der Waals surface area (Å²) in [6.45, 7) is 2.02. The van der Waals surface area contributed by atoms with Gasteiger partial charge in [0.05, 0.1) is 0 Å². The fourth-order valence-corrected chi connectivity index (χ4v) is 2.69. The van der Waals surface area contributed by atoms with Gasteiger partial charge >= 0.3 is 0 Å². The van der Waals surface area contributed by atoms with E-state index < -0.39 is 0 Å². The van der Waals surface area contributed by atoms with Gasteiger partial charge in [-0.05, 0) is 59.3 Å². The molecule has 1 atom stereocenters. The zero-order valence-corrected chi connectivity index (χ0v) is 11.4. The molecule has 1 heterocycles. The molecular formula is C12H12INS.